The molecule has 0 aliphatic carbocycles. The monoisotopic (exact) mass is 384 g/mol. The molecule has 26 heavy (non-hydrogen) atoms. The zero-order valence-corrected chi connectivity index (χ0v) is 16.5. The van der Waals surface area contributed by atoms with Gasteiger partial charge in [-0.1, -0.05) is 30.3 Å². The minimum absolute atomic E-state index is 0.183. The first kappa shape index (κ1) is 20.9. The molecule has 0 bridgehead atoms. The van der Waals surface area contributed by atoms with Gasteiger partial charge in [0.1, 0.15) is 6.61 Å². The van der Waals surface area contributed by atoms with Crippen LogP contribution in [0.1, 0.15) is 32.3 Å². The highest BCUT2D eigenvalue weighted by atomic mass is 31.2. The van der Waals surface area contributed by atoms with Crippen LogP contribution in [0.15, 0.2) is 30.3 Å². The van der Waals surface area contributed by atoms with Crippen LogP contribution in [-0.2, 0) is 25.0 Å². The standard InChI is InChI=1S/C18H29N2O5P/c1-3-24-26(22,25-4-2)19-13-17-11-8-12-20(14-17)18(21)23-15-16-9-6-5-7-10-16/h5-7,9-10,17H,3-4,8,11-15H2,1-2H3,(H,19,22). The molecule has 1 fully saturated rings. The molecule has 1 aliphatic rings. The van der Waals surface area contributed by atoms with Crippen LogP contribution in [0.25, 0.3) is 0 Å². The number of likely N-dealkylation sites (tertiary alicyclic amines) is 1. The van der Waals surface area contributed by atoms with Crippen LogP contribution < -0.4 is 5.09 Å². The van der Waals surface area contributed by atoms with E-state index in [1.165, 1.54) is 0 Å². The number of hydrogen-bond acceptors (Lipinski definition) is 5. The molecule has 0 radical (unpaired) electrons. The highest BCUT2D eigenvalue weighted by molar-refractivity contribution is 7.51. The number of nitrogens with zero attached hydrogens (tertiary/aromatic N) is 1. The van der Waals surface area contributed by atoms with E-state index in [9.17, 15) is 9.36 Å². The maximum atomic E-state index is 12.5. The van der Waals surface area contributed by atoms with Gasteiger partial charge in [0.25, 0.3) is 0 Å². The van der Waals surface area contributed by atoms with Gasteiger partial charge in [-0.3, -0.25) is 9.05 Å². The largest absolute Gasteiger partial charge is 0.445 e. The topological polar surface area (TPSA) is 77.1 Å². The summed E-state index contributed by atoms with van der Waals surface area (Å²) in [4.78, 5) is 14.0. The molecule has 2 rings (SSSR count). The van der Waals surface area contributed by atoms with Crippen LogP contribution in [-0.4, -0.2) is 43.8 Å². The minimum Gasteiger partial charge on any atom is -0.445 e. The van der Waals surface area contributed by atoms with Crippen molar-refractivity contribution in [1.82, 2.24) is 9.99 Å². The molecule has 1 atom stereocenters. The third-order valence-electron chi connectivity index (χ3n) is 4.15. The van der Waals surface area contributed by atoms with Gasteiger partial charge in [0.05, 0.1) is 13.2 Å². The fraction of sp³-hybridized carbons (Fsp3) is 0.611. The number of benzene rings is 1. The van der Waals surface area contributed by atoms with Crippen molar-refractivity contribution in [3.63, 3.8) is 0 Å². The predicted octanol–water partition coefficient (Wildman–Crippen LogP) is 3.81. The van der Waals surface area contributed by atoms with E-state index in [-0.39, 0.29) is 18.6 Å². The Morgan fingerprint density at radius 1 is 1.23 bits per heavy atom. The number of ether oxygens (including phenoxy) is 1. The molecule has 1 aromatic carbocycles. The Morgan fingerprint density at radius 3 is 2.58 bits per heavy atom. The van der Waals surface area contributed by atoms with E-state index in [0.29, 0.717) is 32.8 Å². The molecule has 1 aliphatic heterocycles. The van der Waals surface area contributed by atoms with E-state index in [1.54, 1.807) is 18.7 Å². The molecule has 1 unspecified atom stereocenters. The Hall–Kier alpha value is -1.40. The highest BCUT2D eigenvalue weighted by Crippen LogP contribution is 2.43. The number of nitrogens with one attached hydrogen (secondary N) is 1. The van der Waals surface area contributed by atoms with Gasteiger partial charge in [0.15, 0.2) is 0 Å². The first-order chi connectivity index (χ1) is 12.6. The van der Waals surface area contributed by atoms with Crippen molar-refractivity contribution in [2.75, 3.05) is 32.8 Å². The quantitative estimate of drug-likeness (QED) is 0.653. The summed E-state index contributed by atoms with van der Waals surface area (Å²) in [6.45, 7) is 6.16. The lowest BCUT2D eigenvalue weighted by atomic mass is 9.99. The molecule has 146 valence electrons. The van der Waals surface area contributed by atoms with Crippen molar-refractivity contribution >= 4 is 13.8 Å². The average molecular weight is 384 g/mol. The second-order valence-electron chi connectivity index (χ2n) is 6.19. The lowest BCUT2D eigenvalue weighted by Crippen LogP contribution is -2.42. The van der Waals surface area contributed by atoms with Gasteiger partial charge in [0, 0.05) is 19.6 Å². The molecular weight excluding hydrogens is 355 g/mol. The molecule has 1 N–H and O–H groups in total. The summed E-state index contributed by atoms with van der Waals surface area (Å²) in [5.41, 5.74) is 0.963. The third-order valence-corrected chi connectivity index (χ3v) is 5.92. The van der Waals surface area contributed by atoms with E-state index in [1.807, 2.05) is 30.3 Å². The summed E-state index contributed by atoms with van der Waals surface area (Å²) < 4.78 is 28.4. The summed E-state index contributed by atoms with van der Waals surface area (Å²) in [5.74, 6) is 0.183. The number of amides is 1. The number of carbonyl (C=O) groups excluding carboxylic acids is 1. The predicted molar refractivity (Wildman–Crippen MR) is 99.8 cm³/mol. The fourth-order valence-corrected chi connectivity index (χ4v) is 4.34. The number of rotatable bonds is 9. The molecule has 7 nitrogen and oxygen atoms in total. The molecule has 0 spiro atoms. The lowest BCUT2D eigenvalue weighted by Gasteiger charge is -2.32. The Morgan fingerprint density at radius 2 is 1.92 bits per heavy atom. The van der Waals surface area contributed by atoms with Gasteiger partial charge in [0.2, 0.25) is 0 Å². The van der Waals surface area contributed by atoms with Crippen molar-refractivity contribution in [2.24, 2.45) is 5.92 Å². The van der Waals surface area contributed by atoms with Gasteiger partial charge in [-0.2, -0.15) is 0 Å². The summed E-state index contributed by atoms with van der Waals surface area (Å²) >= 11 is 0. The van der Waals surface area contributed by atoms with Gasteiger partial charge in [-0.25, -0.2) is 14.4 Å². The minimum atomic E-state index is -3.27. The Bertz CT molecular complexity index is 589. The first-order valence-corrected chi connectivity index (χ1v) is 10.7. The van der Waals surface area contributed by atoms with Crippen LogP contribution in [0.3, 0.4) is 0 Å². The maximum absolute atomic E-state index is 12.5. The van der Waals surface area contributed by atoms with Crippen LogP contribution in [0.5, 0.6) is 0 Å². The summed E-state index contributed by atoms with van der Waals surface area (Å²) in [7, 11) is -3.27. The van der Waals surface area contributed by atoms with Gasteiger partial charge in [-0.05, 0) is 38.2 Å². The van der Waals surface area contributed by atoms with E-state index in [4.69, 9.17) is 13.8 Å². The molecule has 1 amide bonds. The zero-order valence-electron chi connectivity index (χ0n) is 15.6. The SMILES string of the molecule is CCOP(=O)(NCC1CCCN(C(=O)OCc2ccccc2)C1)OCC. The van der Waals surface area contributed by atoms with E-state index >= 15 is 0 Å². The summed E-state index contributed by atoms with van der Waals surface area (Å²) in [5, 5.41) is 2.92. The molecule has 1 saturated heterocycles. The van der Waals surface area contributed by atoms with Gasteiger partial charge < -0.3 is 9.64 Å². The van der Waals surface area contributed by atoms with E-state index in [2.05, 4.69) is 5.09 Å². The van der Waals surface area contributed by atoms with Crippen LogP contribution in [0.4, 0.5) is 4.79 Å². The fourth-order valence-electron chi connectivity index (χ4n) is 2.92. The Balaban J connectivity index is 1.80. The van der Waals surface area contributed by atoms with Crippen LogP contribution >= 0.6 is 7.75 Å². The molecule has 1 aromatic rings. The lowest BCUT2D eigenvalue weighted by molar-refractivity contribution is 0.0792. The van der Waals surface area contributed by atoms with Crippen molar-refractivity contribution < 1.29 is 23.1 Å². The van der Waals surface area contributed by atoms with Crippen LogP contribution in [0.2, 0.25) is 0 Å². The average Bonchev–Trinajstić information content (AvgIpc) is 2.66. The number of piperidine rings is 1. The van der Waals surface area contributed by atoms with Crippen molar-refractivity contribution in [1.29, 1.82) is 0 Å². The van der Waals surface area contributed by atoms with Crippen molar-refractivity contribution in [2.45, 2.75) is 33.3 Å². The molecule has 1 heterocycles. The third kappa shape index (κ3) is 6.72. The Kier molecular flexibility index (Phi) is 8.59. The second kappa shape index (κ2) is 10.7. The molecule has 0 aromatic heterocycles. The maximum Gasteiger partial charge on any atom is 0.410 e. The number of carbonyl (C=O) groups is 1. The van der Waals surface area contributed by atoms with E-state index < -0.39 is 7.75 Å². The van der Waals surface area contributed by atoms with Gasteiger partial charge >= 0.3 is 13.8 Å². The summed E-state index contributed by atoms with van der Waals surface area (Å²) in [6, 6.07) is 9.61. The summed E-state index contributed by atoms with van der Waals surface area (Å²) in [6.07, 6.45) is 1.53. The zero-order chi connectivity index (χ0) is 18.8. The number of hydrogen-bond donors (Lipinski definition) is 1. The highest BCUT2D eigenvalue weighted by Gasteiger charge is 2.28. The molecular formula is C18H29N2O5P. The second-order valence-corrected chi connectivity index (χ2v) is 8.02. The normalized spacial score (nSPS) is 17.9. The van der Waals surface area contributed by atoms with Crippen molar-refractivity contribution in [3.8, 4) is 0 Å². The van der Waals surface area contributed by atoms with Gasteiger partial charge in [-0.15, -0.1) is 0 Å². The Labute approximate surface area is 155 Å². The first-order valence-electron chi connectivity index (χ1n) is 9.16. The molecule has 8 heteroatoms. The van der Waals surface area contributed by atoms with Crippen molar-refractivity contribution in [3.05, 3.63) is 35.9 Å². The smallest absolute Gasteiger partial charge is 0.410 e. The van der Waals surface area contributed by atoms with E-state index in [0.717, 1.165) is 18.4 Å². The van der Waals surface area contributed by atoms with Crippen LogP contribution in [0, 0.1) is 5.92 Å². The molecule has 0 saturated carbocycles.